The smallest absolute Gasteiger partial charge is 0.0973 e. The molecule has 0 aliphatic carbocycles. The van der Waals surface area contributed by atoms with E-state index < -0.39 is 0 Å². The molecular formula is C33H21N3S. The summed E-state index contributed by atoms with van der Waals surface area (Å²) in [4.78, 5) is 17.2. The van der Waals surface area contributed by atoms with Crippen LogP contribution in [0.3, 0.4) is 0 Å². The minimum Gasteiger partial charge on any atom is -0.255 e. The van der Waals surface area contributed by atoms with Gasteiger partial charge < -0.3 is 0 Å². The van der Waals surface area contributed by atoms with E-state index in [0.717, 1.165) is 50.4 Å². The molecule has 7 rings (SSSR count). The highest BCUT2D eigenvalue weighted by atomic mass is 32.2. The van der Waals surface area contributed by atoms with Gasteiger partial charge in [-0.1, -0.05) is 103 Å². The van der Waals surface area contributed by atoms with Crippen LogP contribution in [0.25, 0.3) is 44.7 Å². The minimum absolute atomic E-state index is 0.885. The molecule has 0 fully saturated rings. The van der Waals surface area contributed by atoms with Crippen molar-refractivity contribution in [2.24, 2.45) is 4.99 Å². The highest BCUT2D eigenvalue weighted by Gasteiger charge is 2.16. The molecule has 0 saturated carbocycles. The van der Waals surface area contributed by atoms with Crippen LogP contribution in [0.4, 0.5) is 5.69 Å². The fourth-order valence-corrected chi connectivity index (χ4v) is 5.75. The zero-order chi connectivity index (χ0) is 24.6. The van der Waals surface area contributed by atoms with Gasteiger partial charge in [-0.3, -0.25) is 4.99 Å². The number of aromatic nitrogens is 2. The first-order valence-corrected chi connectivity index (χ1v) is 13.0. The molecule has 1 aliphatic heterocycles. The van der Waals surface area contributed by atoms with Gasteiger partial charge in [0.1, 0.15) is 0 Å². The molecule has 174 valence electrons. The van der Waals surface area contributed by atoms with Gasteiger partial charge in [-0.15, -0.1) is 0 Å². The van der Waals surface area contributed by atoms with Crippen LogP contribution in [0.5, 0.6) is 0 Å². The third-order valence-electron chi connectivity index (χ3n) is 6.57. The molecule has 0 spiro atoms. The van der Waals surface area contributed by atoms with Gasteiger partial charge in [-0.25, -0.2) is 9.97 Å². The van der Waals surface area contributed by atoms with Gasteiger partial charge in [0.25, 0.3) is 0 Å². The molecule has 5 aromatic carbocycles. The Bertz CT molecular complexity index is 1790. The van der Waals surface area contributed by atoms with Gasteiger partial charge in [0.2, 0.25) is 0 Å². The summed E-state index contributed by atoms with van der Waals surface area (Å²) < 4.78 is 0. The van der Waals surface area contributed by atoms with E-state index in [1.54, 1.807) is 11.8 Å². The standard InChI is InChI=1S/C33H21N3S/c1-2-9-23(10-3-1)32-33(36-28-13-5-4-12-27(28)35-32)24-19-17-22(18-20-24)25-11-8-16-30-26(25)21-34-29-14-6-7-15-31(29)37-30/h1-21H. The van der Waals surface area contributed by atoms with Crippen LogP contribution in [-0.4, -0.2) is 16.2 Å². The number of nitrogens with zero attached hydrogens (tertiary/aromatic N) is 3. The van der Waals surface area contributed by atoms with E-state index in [9.17, 15) is 0 Å². The third-order valence-corrected chi connectivity index (χ3v) is 7.71. The van der Waals surface area contributed by atoms with Gasteiger partial charge >= 0.3 is 0 Å². The normalized spacial score (nSPS) is 12.1. The van der Waals surface area contributed by atoms with Crippen LogP contribution < -0.4 is 0 Å². The van der Waals surface area contributed by atoms with Crippen molar-refractivity contribution in [3.05, 3.63) is 127 Å². The fourth-order valence-electron chi connectivity index (χ4n) is 4.73. The lowest BCUT2D eigenvalue weighted by atomic mass is 9.97. The molecule has 0 saturated heterocycles. The van der Waals surface area contributed by atoms with Gasteiger partial charge in [-0.2, -0.15) is 0 Å². The van der Waals surface area contributed by atoms with Crippen molar-refractivity contribution < 1.29 is 0 Å². The van der Waals surface area contributed by atoms with Gasteiger partial charge in [-0.05, 0) is 41.5 Å². The van der Waals surface area contributed by atoms with Gasteiger partial charge in [0, 0.05) is 32.7 Å². The van der Waals surface area contributed by atoms with Crippen LogP contribution >= 0.6 is 11.8 Å². The van der Waals surface area contributed by atoms with Crippen molar-refractivity contribution in [1.82, 2.24) is 9.97 Å². The second-order valence-corrected chi connectivity index (χ2v) is 9.98. The van der Waals surface area contributed by atoms with E-state index in [4.69, 9.17) is 15.0 Å². The molecule has 2 heterocycles. The first-order valence-electron chi connectivity index (χ1n) is 12.2. The summed E-state index contributed by atoms with van der Waals surface area (Å²) in [6.07, 6.45) is 2.00. The summed E-state index contributed by atoms with van der Waals surface area (Å²) in [7, 11) is 0. The number of benzene rings is 5. The second-order valence-electron chi connectivity index (χ2n) is 8.90. The number of aliphatic imine (C=N–C) groups is 1. The molecule has 1 aromatic heterocycles. The van der Waals surface area contributed by atoms with Crippen LogP contribution in [-0.2, 0) is 0 Å². The molecule has 0 bridgehead atoms. The number of fused-ring (bicyclic) bond motifs is 3. The third kappa shape index (κ3) is 4.02. The predicted octanol–water partition coefficient (Wildman–Crippen LogP) is 8.85. The average Bonchev–Trinajstić information content (AvgIpc) is 3.16. The Kier molecular flexibility index (Phi) is 5.38. The highest BCUT2D eigenvalue weighted by molar-refractivity contribution is 7.99. The number of hydrogen-bond acceptors (Lipinski definition) is 4. The van der Waals surface area contributed by atoms with E-state index >= 15 is 0 Å². The number of para-hydroxylation sites is 3. The Labute approximate surface area is 219 Å². The lowest BCUT2D eigenvalue weighted by molar-refractivity contribution is 1.29. The van der Waals surface area contributed by atoms with Crippen LogP contribution in [0.1, 0.15) is 5.56 Å². The van der Waals surface area contributed by atoms with E-state index in [1.165, 1.54) is 15.4 Å². The molecule has 0 atom stereocenters. The molecule has 1 aliphatic rings. The van der Waals surface area contributed by atoms with Crippen LogP contribution in [0.2, 0.25) is 0 Å². The van der Waals surface area contributed by atoms with Crippen molar-refractivity contribution in [1.29, 1.82) is 0 Å². The van der Waals surface area contributed by atoms with Gasteiger partial charge in [0.05, 0.1) is 28.1 Å². The lowest BCUT2D eigenvalue weighted by Gasteiger charge is -2.13. The molecule has 6 aromatic rings. The summed E-state index contributed by atoms with van der Waals surface area (Å²) in [5, 5.41) is 0. The highest BCUT2D eigenvalue weighted by Crippen LogP contribution is 2.41. The summed E-state index contributed by atoms with van der Waals surface area (Å²) in [5.41, 5.74) is 10.1. The summed E-state index contributed by atoms with van der Waals surface area (Å²) >= 11 is 1.77. The molecule has 0 amide bonds. The van der Waals surface area contributed by atoms with Crippen LogP contribution in [0.15, 0.2) is 136 Å². The molecule has 0 unspecified atom stereocenters. The van der Waals surface area contributed by atoms with Crippen molar-refractivity contribution in [2.45, 2.75) is 9.79 Å². The van der Waals surface area contributed by atoms with Crippen molar-refractivity contribution in [2.75, 3.05) is 0 Å². The van der Waals surface area contributed by atoms with E-state index in [0.29, 0.717) is 0 Å². The van der Waals surface area contributed by atoms with Gasteiger partial charge in [0.15, 0.2) is 0 Å². The Morgan fingerprint density at radius 2 is 1.05 bits per heavy atom. The Hall–Kier alpha value is -4.54. The molecule has 0 N–H and O–H groups in total. The lowest BCUT2D eigenvalue weighted by Crippen LogP contribution is -1.96. The molecule has 0 radical (unpaired) electrons. The molecule has 3 nitrogen and oxygen atoms in total. The monoisotopic (exact) mass is 491 g/mol. The maximum Gasteiger partial charge on any atom is 0.0973 e. The first kappa shape index (κ1) is 21.7. The van der Waals surface area contributed by atoms with E-state index in [2.05, 4.69) is 72.8 Å². The summed E-state index contributed by atoms with van der Waals surface area (Å²) in [6.45, 7) is 0. The minimum atomic E-state index is 0.885. The second kappa shape index (κ2) is 9.16. The largest absolute Gasteiger partial charge is 0.255 e. The van der Waals surface area contributed by atoms with Crippen LogP contribution in [0, 0.1) is 0 Å². The molecule has 37 heavy (non-hydrogen) atoms. The Morgan fingerprint density at radius 3 is 1.81 bits per heavy atom. The fraction of sp³-hybridized carbons (Fsp3) is 0. The zero-order valence-corrected chi connectivity index (χ0v) is 20.7. The van der Waals surface area contributed by atoms with Crippen molar-refractivity contribution in [3.63, 3.8) is 0 Å². The van der Waals surface area contributed by atoms with E-state index in [1.807, 2.05) is 54.7 Å². The average molecular weight is 492 g/mol. The maximum atomic E-state index is 5.04. The molecular weight excluding hydrogens is 470 g/mol. The Morgan fingerprint density at radius 1 is 0.459 bits per heavy atom. The van der Waals surface area contributed by atoms with Crippen molar-refractivity contribution >= 4 is 34.7 Å². The Balaban J connectivity index is 1.32. The van der Waals surface area contributed by atoms with Crippen molar-refractivity contribution in [3.8, 4) is 33.6 Å². The molecule has 4 heteroatoms. The van der Waals surface area contributed by atoms with E-state index in [-0.39, 0.29) is 0 Å². The first-order chi connectivity index (χ1) is 18.3. The zero-order valence-electron chi connectivity index (χ0n) is 19.9. The summed E-state index contributed by atoms with van der Waals surface area (Å²) in [6, 6.07) is 41.7. The number of hydrogen-bond donors (Lipinski definition) is 0. The summed E-state index contributed by atoms with van der Waals surface area (Å²) in [5.74, 6) is 0. The number of rotatable bonds is 3. The topological polar surface area (TPSA) is 38.1 Å². The predicted molar refractivity (Wildman–Crippen MR) is 154 cm³/mol. The SMILES string of the molecule is C1=Nc2ccccc2Sc2cccc(-c3ccc(-c4nc5ccccc5nc4-c4ccccc4)cc3)c21. The quantitative estimate of drug-likeness (QED) is 0.248. The maximum absolute atomic E-state index is 5.04.